The van der Waals surface area contributed by atoms with Gasteiger partial charge in [-0.3, -0.25) is 4.79 Å². The van der Waals surface area contributed by atoms with Crippen molar-refractivity contribution in [2.75, 3.05) is 20.8 Å². The molecular weight excluding hydrogens is 338 g/mol. The fraction of sp³-hybridized carbons (Fsp3) is 0.263. The van der Waals surface area contributed by atoms with E-state index in [1.807, 2.05) is 0 Å². The Morgan fingerprint density at radius 2 is 1.73 bits per heavy atom. The Labute approximate surface area is 151 Å². The molecule has 138 valence electrons. The van der Waals surface area contributed by atoms with E-state index in [0.717, 1.165) is 5.56 Å². The largest absolute Gasteiger partial charge is 0.493 e. The molecule has 0 unspecified atom stereocenters. The second-order valence-corrected chi connectivity index (χ2v) is 5.39. The number of ether oxygens (including phenoxy) is 3. The second kappa shape index (κ2) is 9.43. The molecule has 0 aliphatic heterocycles. The minimum Gasteiger partial charge on any atom is -0.493 e. The van der Waals surface area contributed by atoms with Crippen molar-refractivity contribution in [2.24, 2.45) is 0 Å². The van der Waals surface area contributed by atoms with Crippen molar-refractivity contribution in [3.63, 3.8) is 0 Å². The van der Waals surface area contributed by atoms with Crippen molar-refractivity contribution in [1.29, 1.82) is 0 Å². The number of esters is 1. The number of aliphatic hydroxyl groups excluding tert-OH is 1. The third kappa shape index (κ3) is 5.22. The maximum Gasteiger partial charge on any atom is 0.340 e. The molecule has 0 saturated heterocycles. The van der Waals surface area contributed by atoms with E-state index in [2.05, 4.69) is 5.32 Å². The van der Waals surface area contributed by atoms with Crippen molar-refractivity contribution >= 4 is 11.9 Å². The van der Waals surface area contributed by atoms with Crippen molar-refractivity contribution in [1.82, 2.24) is 5.32 Å². The number of rotatable bonds is 8. The number of nitrogens with one attached hydrogen (secondary N) is 1. The van der Waals surface area contributed by atoms with E-state index in [9.17, 15) is 14.7 Å². The SMILES string of the molecule is COc1ccc(CNC(=O)COC(=O)[C@@H](O)c2ccccc2)cc1OC. The van der Waals surface area contributed by atoms with Gasteiger partial charge >= 0.3 is 5.97 Å². The van der Waals surface area contributed by atoms with Crippen molar-refractivity contribution in [3.8, 4) is 11.5 Å². The van der Waals surface area contributed by atoms with Gasteiger partial charge in [0.2, 0.25) is 0 Å². The quantitative estimate of drug-likeness (QED) is 0.695. The summed E-state index contributed by atoms with van der Waals surface area (Å²) in [5.74, 6) is -0.214. The summed E-state index contributed by atoms with van der Waals surface area (Å²) in [4.78, 5) is 23.6. The molecule has 0 aliphatic rings. The van der Waals surface area contributed by atoms with E-state index >= 15 is 0 Å². The zero-order chi connectivity index (χ0) is 18.9. The van der Waals surface area contributed by atoms with Crippen LogP contribution in [0.15, 0.2) is 48.5 Å². The van der Waals surface area contributed by atoms with Crippen LogP contribution in [0.25, 0.3) is 0 Å². The summed E-state index contributed by atoms with van der Waals surface area (Å²) in [5, 5.41) is 12.5. The molecule has 0 bridgehead atoms. The van der Waals surface area contributed by atoms with E-state index in [-0.39, 0.29) is 6.54 Å². The standard InChI is InChI=1S/C19H21NO6/c1-24-15-9-8-13(10-16(15)25-2)11-20-17(21)12-26-19(23)18(22)14-6-4-3-5-7-14/h3-10,18,22H,11-12H2,1-2H3,(H,20,21)/t18-/m0/s1. The Kier molecular flexibility index (Phi) is 6.99. The van der Waals surface area contributed by atoms with Crippen molar-refractivity contribution < 1.29 is 28.9 Å². The summed E-state index contributed by atoms with van der Waals surface area (Å²) < 4.78 is 15.2. The van der Waals surface area contributed by atoms with Gasteiger partial charge in [-0.15, -0.1) is 0 Å². The van der Waals surface area contributed by atoms with Crippen LogP contribution in [-0.2, 0) is 20.9 Å². The number of hydrogen-bond donors (Lipinski definition) is 2. The molecule has 2 N–H and O–H groups in total. The maximum atomic E-state index is 11.8. The predicted octanol–water partition coefficient (Wildman–Crippen LogP) is 1.60. The zero-order valence-electron chi connectivity index (χ0n) is 14.6. The maximum absolute atomic E-state index is 11.8. The van der Waals surface area contributed by atoms with Crippen LogP contribution in [-0.4, -0.2) is 37.8 Å². The second-order valence-electron chi connectivity index (χ2n) is 5.39. The third-order valence-electron chi connectivity index (χ3n) is 3.62. The smallest absolute Gasteiger partial charge is 0.340 e. The molecule has 0 aliphatic carbocycles. The van der Waals surface area contributed by atoms with Gasteiger partial charge in [0, 0.05) is 6.54 Å². The molecule has 0 aromatic heterocycles. The molecule has 0 radical (unpaired) electrons. The lowest BCUT2D eigenvalue weighted by molar-refractivity contribution is -0.157. The normalized spacial score (nSPS) is 11.3. The Morgan fingerprint density at radius 3 is 2.38 bits per heavy atom. The van der Waals surface area contributed by atoms with E-state index in [0.29, 0.717) is 17.1 Å². The Morgan fingerprint density at radius 1 is 1.04 bits per heavy atom. The highest BCUT2D eigenvalue weighted by atomic mass is 16.5. The molecule has 2 rings (SSSR count). The van der Waals surface area contributed by atoms with Crippen LogP contribution in [0.4, 0.5) is 0 Å². The van der Waals surface area contributed by atoms with E-state index in [4.69, 9.17) is 14.2 Å². The molecule has 26 heavy (non-hydrogen) atoms. The number of aliphatic hydroxyl groups is 1. The fourth-order valence-corrected chi connectivity index (χ4v) is 2.23. The number of benzene rings is 2. The third-order valence-corrected chi connectivity index (χ3v) is 3.62. The Bertz CT molecular complexity index is 747. The predicted molar refractivity (Wildman–Crippen MR) is 93.8 cm³/mol. The summed E-state index contributed by atoms with van der Waals surface area (Å²) in [6.07, 6.45) is -1.42. The molecule has 7 nitrogen and oxygen atoms in total. The summed E-state index contributed by atoms with van der Waals surface area (Å²) in [6, 6.07) is 13.6. The topological polar surface area (TPSA) is 94.1 Å². The first kappa shape index (κ1) is 19.3. The van der Waals surface area contributed by atoms with Crippen LogP contribution in [0.5, 0.6) is 11.5 Å². The average molecular weight is 359 g/mol. The van der Waals surface area contributed by atoms with Crippen molar-refractivity contribution in [2.45, 2.75) is 12.6 Å². The molecule has 1 atom stereocenters. The first-order chi connectivity index (χ1) is 12.5. The van der Waals surface area contributed by atoms with Crippen LogP contribution in [0, 0.1) is 0 Å². The lowest BCUT2D eigenvalue weighted by Crippen LogP contribution is -2.29. The summed E-state index contributed by atoms with van der Waals surface area (Å²) in [5.41, 5.74) is 1.20. The highest BCUT2D eigenvalue weighted by Crippen LogP contribution is 2.27. The molecule has 7 heteroatoms. The number of methoxy groups -OCH3 is 2. The number of amides is 1. The molecule has 0 saturated carbocycles. The fourth-order valence-electron chi connectivity index (χ4n) is 2.23. The van der Waals surface area contributed by atoms with Gasteiger partial charge in [0.25, 0.3) is 5.91 Å². The van der Waals surface area contributed by atoms with Crippen LogP contribution < -0.4 is 14.8 Å². The molecular formula is C19H21NO6. The first-order valence-corrected chi connectivity index (χ1v) is 7.92. The summed E-state index contributed by atoms with van der Waals surface area (Å²) in [7, 11) is 3.06. The van der Waals surface area contributed by atoms with Crippen molar-refractivity contribution in [3.05, 3.63) is 59.7 Å². The molecule has 0 fully saturated rings. The molecule has 1 amide bonds. The monoisotopic (exact) mass is 359 g/mol. The van der Waals surface area contributed by atoms with Gasteiger partial charge in [0.1, 0.15) is 0 Å². The van der Waals surface area contributed by atoms with Crippen LogP contribution in [0.3, 0.4) is 0 Å². The van der Waals surface area contributed by atoms with Gasteiger partial charge in [-0.2, -0.15) is 0 Å². The lowest BCUT2D eigenvalue weighted by Gasteiger charge is -2.12. The van der Waals surface area contributed by atoms with Gasteiger partial charge in [-0.25, -0.2) is 4.79 Å². The molecule has 2 aromatic rings. The van der Waals surface area contributed by atoms with Gasteiger partial charge in [0.05, 0.1) is 14.2 Å². The van der Waals surface area contributed by atoms with E-state index in [1.54, 1.807) is 48.5 Å². The summed E-state index contributed by atoms with van der Waals surface area (Å²) >= 11 is 0. The number of carbonyl (C=O) groups is 2. The highest BCUT2D eigenvalue weighted by molar-refractivity contribution is 5.82. The Hall–Kier alpha value is -3.06. The van der Waals surface area contributed by atoms with Crippen LogP contribution in [0.2, 0.25) is 0 Å². The molecule has 0 heterocycles. The number of hydrogen-bond acceptors (Lipinski definition) is 6. The zero-order valence-corrected chi connectivity index (χ0v) is 14.6. The first-order valence-electron chi connectivity index (χ1n) is 7.92. The average Bonchev–Trinajstić information content (AvgIpc) is 2.70. The van der Waals surface area contributed by atoms with Crippen LogP contribution in [0.1, 0.15) is 17.2 Å². The van der Waals surface area contributed by atoms with Gasteiger partial charge in [-0.05, 0) is 23.3 Å². The Balaban J connectivity index is 1.81. The minimum atomic E-state index is -1.42. The minimum absolute atomic E-state index is 0.234. The van der Waals surface area contributed by atoms with E-state index < -0.39 is 24.6 Å². The van der Waals surface area contributed by atoms with E-state index in [1.165, 1.54) is 14.2 Å². The van der Waals surface area contributed by atoms with Crippen LogP contribution >= 0.6 is 0 Å². The molecule has 2 aromatic carbocycles. The van der Waals surface area contributed by atoms with Gasteiger partial charge < -0.3 is 24.6 Å². The highest BCUT2D eigenvalue weighted by Gasteiger charge is 2.19. The lowest BCUT2D eigenvalue weighted by atomic mass is 10.1. The van der Waals surface area contributed by atoms with Gasteiger partial charge in [-0.1, -0.05) is 36.4 Å². The number of carbonyl (C=O) groups excluding carboxylic acids is 2. The molecule has 0 spiro atoms. The van der Waals surface area contributed by atoms with Gasteiger partial charge in [0.15, 0.2) is 24.2 Å². The summed E-state index contributed by atoms with van der Waals surface area (Å²) in [6.45, 7) is -0.242.